The fourth-order valence-electron chi connectivity index (χ4n) is 1.56. The second-order valence-corrected chi connectivity index (χ2v) is 4.12. The second kappa shape index (κ2) is 5.72. The lowest BCUT2D eigenvalue weighted by Gasteiger charge is -2.15. The summed E-state index contributed by atoms with van der Waals surface area (Å²) in [7, 11) is 0. The van der Waals surface area contributed by atoms with E-state index < -0.39 is 23.6 Å². The summed E-state index contributed by atoms with van der Waals surface area (Å²) in [6.07, 6.45) is -0.168. The first kappa shape index (κ1) is 13.6. The molecule has 17 heavy (non-hydrogen) atoms. The summed E-state index contributed by atoms with van der Waals surface area (Å²) < 4.78 is 25.8. The van der Waals surface area contributed by atoms with Crippen LogP contribution in [0, 0.1) is 11.6 Å². The van der Waals surface area contributed by atoms with Gasteiger partial charge in [0.05, 0.1) is 6.10 Å². The molecule has 0 heterocycles. The molecule has 0 fully saturated rings. The van der Waals surface area contributed by atoms with Gasteiger partial charge in [-0.05, 0) is 32.4 Å². The molecule has 3 nitrogen and oxygen atoms in total. The zero-order valence-electron chi connectivity index (χ0n) is 9.71. The third-order valence-electron chi connectivity index (χ3n) is 2.20. The molecule has 0 aliphatic rings. The fourth-order valence-corrected chi connectivity index (χ4v) is 1.56. The fraction of sp³-hybridized carbons (Fsp3) is 0.417. The van der Waals surface area contributed by atoms with E-state index in [1.165, 1.54) is 0 Å². The Balaban J connectivity index is 2.69. The Morgan fingerprint density at radius 1 is 1.29 bits per heavy atom. The van der Waals surface area contributed by atoms with Gasteiger partial charge in [-0.25, -0.2) is 8.78 Å². The van der Waals surface area contributed by atoms with Crippen molar-refractivity contribution in [3.8, 4) is 0 Å². The minimum absolute atomic E-state index is 0.0695. The van der Waals surface area contributed by atoms with Crippen LogP contribution in [0.15, 0.2) is 18.2 Å². The maximum absolute atomic E-state index is 12.9. The van der Waals surface area contributed by atoms with Crippen molar-refractivity contribution in [1.29, 1.82) is 0 Å². The van der Waals surface area contributed by atoms with Crippen molar-refractivity contribution >= 4 is 5.91 Å². The molecule has 0 saturated carbocycles. The van der Waals surface area contributed by atoms with Gasteiger partial charge in [-0.2, -0.15) is 0 Å². The molecular weight excluding hydrogens is 228 g/mol. The molecule has 2 unspecified atom stereocenters. The van der Waals surface area contributed by atoms with E-state index in [0.717, 1.165) is 12.1 Å². The molecule has 2 atom stereocenters. The molecule has 0 aromatic heterocycles. The quantitative estimate of drug-likeness (QED) is 0.848. The van der Waals surface area contributed by atoms with E-state index in [4.69, 9.17) is 5.11 Å². The van der Waals surface area contributed by atoms with Crippen LogP contribution in [0.5, 0.6) is 0 Å². The van der Waals surface area contributed by atoms with Crippen molar-refractivity contribution in [3.05, 3.63) is 35.4 Å². The van der Waals surface area contributed by atoms with Crippen LogP contribution >= 0.6 is 0 Å². The highest BCUT2D eigenvalue weighted by molar-refractivity contribution is 5.94. The molecule has 0 aliphatic heterocycles. The number of aliphatic hydroxyl groups is 1. The summed E-state index contributed by atoms with van der Waals surface area (Å²) in [5.41, 5.74) is -0.0695. The molecule has 0 aliphatic carbocycles. The zero-order chi connectivity index (χ0) is 13.0. The van der Waals surface area contributed by atoms with Crippen LogP contribution in [0.1, 0.15) is 30.6 Å². The summed E-state index contributed by atoms with van der Waals surface area (Å²) in [5, 5.41) is 11.7. The summed E-state index contributed by atoms with van der Waals surface area (Å²) in [6.45, 7) is 3.31. The zero-order valence-corrected chi connectivity index (χ0v) is 9.71. The number of hydrogen-bond donors (Lipinski definition) is 2. The van der Waals surface area contributed by atoms with Gasteiger partial charge in [0.2, 0.25) is 0 Å². The number of aliphatic hydroxyl groups excluding tert-OH is 1. The van der Waals surface area contributed by atoms with Gasteiger partial charge < -0.3 is 10.4 Å². The van der Waals surface area contributed by atoms with E-state index in [0.29, 0.717) is 12.5 Å². The second-order valence-electron chi connectivity index (χ2n) is 4.12. The van der Waals surface area contributed by atoms with Gasteiger partial charge in [0, 0.05) is 17.7 Å². The number of nitrogens with one attached hydrogen (secondary N) is 1. The lowest BCUT2D eigenvalue weighted by Crippen LogP contribution is -2.34. The Morgan fingerprint density at radius 2 is 1.82 bits per heavy atom. The Bertz CT molecular complexity index is 387. The molecule has 94 valence electrons. The summed E-state index contributed by atoms with van der Waals surface area (Å²) in [4.78, 5) is 11.6. The van der Waals surface area contributed by atoms with Crippen LogP contribution in [0.3, 0.4) is 0 Å². The monoisotopic (exact) mass is 243 g/mol. The number of rotatable bonds is 4. The Hall–Kier alpha value is -1.49. The lowest BCUT2D eigenvalue weighted by atomic mass is 10.1. The maximum Gasteiger partial charge on any atom is 0.251 e. The molecule has 0 radical (unpaired) electrons. The largest absolute Gasteiger partial charge is 0.393 e. The smallest absolute Gasteiger partial charge is 0.251 e. The Kier molecular flexibility index (Phi) is 4.57. The Labute approximate surface area is 98.5 Å². The van der Waals surface area contributed by atoms with Gasteiger partial charge >= 0.3 is 0 Å². The van der Waals surface area contributed by atoms with Crippen molar-refractivity contribution in [2.75, 3.05) is 0 Å². The molecule has 1 amide bonds. The SMILES string of the molecule is CC(O)CC(C)NC(=O)c1cc(F)cc(F)c1. The van der Waals surface area contributed by atoms with Gasteiger partial charge in [0.25, 0.3) is 5.91 Å². The topological polar surface area (TPSA) is 49.3 Å². The number of halogens is 2. The number of hydrogen-bond acceptors (Lipinski definition) is 2. The number of amides is 1. The van der Waals surface area contributed by atoms with Gasteiger partial charge in [0.15, 0.2) is 0 Å². The van der Waals surface area contributed by atoms with Crippen molar-refractivity contribution < 1.29 is 18.7 Å². The summed E-state index contributed by atoms with van der Waals surface area (Å²) >= 11 is 0. The number of benzene rings is 1. The van der Waals surface area contributed by atoms with Crippen molar-refractivity contribution in [2.45, 2.75) is 32.4 Å². The van der Waals surface area contributed by atoms with Crippen molar-refractivity contribution in [2.24, 2.45) is 0 Å². The molecule has 1 aromatic carbocycles. The predicted octanol–water partition coefficient (Wildman–Crippen LogP) is 1.85. The first-order valence-corrected chi connectivity index (χ1v) is 5.33. The maximum atomic E-state index is 12.9. The highest BCUT2D eigenvalue weighted by Crippen LogP contribution is 2.08. The summed E-state index contributed by atoms with van der Waals surface area (Å²) in [6, 6.07) is 2.37. The van der Waals surface area contributed by atoms with Gasteiger partial charge in [0.1, 0.15) is 11.6 Å². The first-order chi connectivity index (χ1) is 7.88. The minimum atomic E-state index is -0.793. The lowest BCUT2D eigenvalue weighted by molar-refractivity contribution is 0.0922. The van der Waals surface area contributed by atoms with E-state index in [9.17, 15) is 13.6 Å². The predicted molar refractivity (Wildman–Crippen MR) is 59.6 cm³/mol. The van der Waals surface area contributed by atoms with Gasteiger partial charge in [-0.1, -0.05) is 0 Å². The van der Waals surface area contributed by atoms with Gasteiger partial charge in [-0.15, -0.1) is 0 Å². The number of carbonyl (C=O) groups excluding carboxylic acids is 1. The standard InChI is InChI=1S/C12H15F2NO2/c1-7(3-8(2)16)15-12(17)9-4-10(13)6-11(14)5-9/h4-8,16H,3H2,1-2H3,(H,15,17). The van der Waals surface area contributed by atoms with Crippen LogP contribution in [0.25, 0.3) is 0 Å². The van der Waals surface area contributed by atoms with Crippen molar-refractivity contribution in [3.63, 3.8) is 0 Å². The molecule has 0 spiro atoms. The van der Waals surface area contributed by atoms with Crippen LogP contribution in [-0.2, 0) is 0 Å². The van der Waals surface area contributed by atoms with Crippen LogP contribution in [-0.4, -0.2) is 23.2 Å². The highest BCUT2D eigenvalue weighted by atomic mass is 19.1. The van der Waals surface area contributed by atoms with Crippen molar-refractivity contribution in [1.82, 2.24) is 5.32 Å². The molecular formula is C12H15F2NO2. The molecule has 1 rings (SSSR count). The Morgan fingerprint density at radius 3 is 2.29 bits per heavy atom. The van der Waals surface area contributed by atoms with E-state index in [2.05, 4.69) is 5.32 Å². The first-order valence-electron chi connectivity index (χ1n) is 5.33. The average Bonchev–Trinajstić information content (AvgIpc) is 2.14. The molecule has 2 N–H and O–H groups in total. The normalized spacial score (nSPS) is 14.2. The van der Waals surface area contributed by atoms with E-state index in [-0.39, 0.29) is 11.6 Å². The minimum Gasteiger partial charge on any atom is -0.393 e. The molecule has 5 heteroatoms. The van der Waals surface area contributed by atoms with E-state index in [1.54, 1.807) is 13.8 Å². The molecule has 1 aromatic rings. The highest BCUT2D eigenvalue weighted by Gasteiger charge is 2.13. The van der Waals surface area contributed by atoms with Gasteiger partial charge in [-0.3, -0.25) is 4.79 Å². The van der Waals surface area contributed by atoms with Crippen LogP contribution in [0.4, 0.5) is 8.78 Å². The van der Waals surface area contributed by atoms with Crippen LogP contribution < -0.4 is 5.32 Å². The number of carbonyl (C=O) groups is 1. The van der Waals surface area contributed by atoms with Crippen LogP contribution in [0.2, 0.25) is 0 Å². The van der Waals surface area contributed by atoms with E-state index >= 15 is 0 Å². The third-order valence-corrected chi connectivity index (χ3v) is 2.20. The average molecular weight is 243 g/mol. The third kappa shape index (κ3) is 4.48. The summed E-state index contributed by atoms with van der Waals surface area (Å²) in [5.74, 6) is -2.15. The molecule has 0 saturated heterocycles. The van der Waals surface area contributed by atoms with E-state index in [1.807, 2.05) is 0 Å². The molecule has 0 bridgehead atoms.